The largest absolute Gasteiger partial charge is 0.451 e. The van der Waals surface area contributed by atoms with Crippen LogP contribution in [-0.4, -0.2) is 16.9 Å². The second-order valence-electron chi connectivity index (χ2n) is 7.22. The molecule has 1 aromatic heterocycles. The van der Waals surface area contributed by atoms with E-state index in [0.29, 0.717) is 43.3 Å². The highest BCUT2D eigenvalue weighted by Gasteiger charge is 2.16. The molecular weight excluding hydrogens is 529 g/mol. The normalized spacial score (nSPS) is 10.5. The first-order valence-electron chi connectivity index (χ1n) is 10.1. The molecule has 0 aliphatic heterocycles. The maximum absolute atomic E-state index is 12.5. The minimum Gasteiger partial charge on any atom is -0.451 e. The summed E-state index contributed by atoms with van der Waals surface area (Å²) in [7, 11) is 0. The fourth-order valence-electron chi connectivity index (χ4n) is 3.10. The van der Waals surface area contributed by atoms with E-state index in [0.717, 1.165) is 0 Å². The number of thiocarbonyl (C=S) groups is 1. The molecular formula is C25H16Cl3N3O3S. The Labute approximate surface area is 221 Å². The quantitative estimate of drug-likeness (QED) is 0.230. The van der Waals surface area contributed by atoms with E-state index in [1.165, 1.54) is 6.07 Å². The monoisotopic (exact) mass is 543 g/mol. The van der Waals surface area contributed by atoms with Crippen LogP contribution in [0.4, 0.5) is 11.4 Å². The summed E-state index contributed by atoms with van der Waals surface area (Å²) in [5.41, 5.74) is 2.21. The molecule has 0 atom stereocenters. The Balaban J connectivity index is 1.34. The summed E-state index contributed by atoms with van der Waals surface area (Å²) in [4.78, 5) is 24.9. The summed E-state index contributed by atoms with van der Waals surface area (Å²) in [6, 6.07) is 21.7. The number of nitrogens with one attached hydrogen (secondary N) is 3. The Hall–Kier alpha value is -3.36. The van der Waals surface area contributed by atoms with Crippen LogP contribution in [0.3, 0.4) is 0 Å². The lowest BCUT2D eigenvalue weighted by molar-refractivity contribution is 0.0950. The first-order chi connectivity index (χ1) is 16.8. The number of anilines is 2. The van der Waals surface area contributed by atoms with Gasteiger partial charge in [0.05, 0.1) is 10.0 Å². The van der Waals surface area contributed by atoms with Crippen LogP contribution in [0.15, 0.2) is 83.3 Å². The molecule has 0 radical (unpaired) electrons. The lowest BCUT2D eigenvalue weighted by Gasteiger charge is -2.10. The molecule has 2 amide bonds. The molecule has 0 aliphatic carbocycles. The molecule has 0 fully saturated rings. The molecule has 0 saturated heterocycles. The lowest BCUT2D eigenvalue weighted by Crippen LogP contribution is -2.33. The number of furan rings is 1. The molecule has 0 bridgehead atoms. The highest BCUT2D eigenvalue weighted by molar-refractivity contribution is 7.80. The van der Waals surface area contributed by atoms with E-state index < -0.39 is 5.91 Å². The molecule has 1 heterocycles. The molecule has 35 heavy (non-hydrogen) atoms. The van der Waals surface area contributed by atoms with Crippen LogP contribution in [0.2, 0.25) is 15.1 Å². The molecule has 0 unspecified atom stereocenters. The maximum Gasteiger partial charge on any atom is 0.293 e. The topological polar surface area (TPSA) is 83.4 Å². The first kappa shape index (κ1) is 24.8. The zero-order valence-corrected chi connectivity index (χ0v) is 20.9. The molecule has 3 N–H and O–H groups in total. The van der Waals surface area contributed by atoms with Crippen LogP contribution in [0.5, 0.6) is 0 Å². The zero-order chi connectivity index (χ0) is 24.9. The second-order valence-corrected chi connectivity index (χ2v) is 8.85. The van der Waals surface area contributed by atoms with Gasteiger partial charge in [-0.05, 0) is 78.9 Å². The van der Waals surface area contributed by atoms with Gasteiger partial charge in [0.15, 0.2) is 10.9 Å². The van der Waals surface area contributed by atoms with E-state index in [9.17, 15) is 9.59 Å². The van der Waals surface area contributed by atoms with E-state index in [2.05, 4.69) is 16.0 Å². The Kier molecular flexibility index (Phi) is 7.73. The third kappa shape index (κ3) is 6.21. The fraction of sp³-hybridized carbons (Fsp3) is 0. The summed E-state index contributed by atoms with van der Waals surface area (Å²) in [6.07, 6.45) is 0. The van der Waals surface area contributed by atoms with Crippen molar-refractivity contribution in [2.24, 2.45) is 0 Å². The third-order valence-corrected chi connectivity index (χ3v) is 6.02. The van der Waals surface area contributed by atoms with E-state index in [1.54, 1.807) is 72.8 Å². The number of hydrogen-bond acceptors (Lipinski definition) is 4. The molecule has 0 saturated carbocycles. The molecule has 0 aliphatic rings. The van der Waals surface area contributed by atoms with Gasteiger partial charge in [-0.25, -0.2) is 0 Å². The smallest absolute Gasteiger partial charge is 0.293 e. The second kappa shape index (κ2) is 10.9. The Bertz CT molecular complexity index is 1420. The van der Waals surface area contributed by atoms with Gasteiger partial charge in [-0.1, -0.05) is 46.9 Å². The van der Waals surface area contributed by atoms with Gasteiger partial charge in [0.25, 0.3) is 11.8 Å². The van der Waals surface area contributed by atoms with Gasteiger partial charge in [-0.15, -0.1) is 0 Å². The maximum atomic E-state index is 12.5. The summed E-state index contributed by atoms with van der Waals surface area (Å²) in [5, 5.41) is 9.51. The van der Waals surface area contributed by atoms with E-state index in [4.69, 9.17) is 51.4 Å². The van der Waals surface area contributed by atoms with E-state index in [1.807, 2.05) is 0 Å². The number of carbonyl (C=O) groups is 2. The molecule has 4 rings (SSSR count). The van der Waals surface area contributed by atoms with E-state index in [-0.39, 0.29) is 16.8 Å². The van der Waals surface area contributed by atoms with Crippen LogP contribution >= 0.6 is 47.0 Å². The lowest BCUT2D eigenvalue weighted by atomic mass is 10.2. The molecule has 10 heteroatoms. The van der Waals surface area contributed by atoms with Crippen molar-refractivity contribution >= 4 is 75.3 Å². The van der Waals surface area contributed by atoms with Gasteiger partial charge < -0.3 is 15.1 Å². The van der Waals surface area contributed by atoms with E-state index >= 15 is 0 Å². The number of hydrogen-bond donors (Lipinski definition) is 3. The summed E-state index contributed by atoms with van der Waals surface area (Å²) in [6.45, 7) is 0. The van der Waals surface area contributed by atoms with Crippen molar-refractivity contribution in [3.63, 3.8) is 0 Å². The highest BCUT2D eigenvalue weighted by Crippen LogP contribution is 2.34. The number of halogens is 3. The van der Waals surface area contributed by atoms with Gasteiger partial charge >= 0.3 is 0 Å². The van der Waals surface area contributed by atoms with Crippen LogP contribution in [0.25, 0.3) is 11.3 Å². The Morgan fingerprint density at radius 1 is 0.771 bits per heavy atom. The fourth-order valence-corrected chi connectivity index (χ4v) is 3.89. The summed E-state index contributed by atoms with van der Waals surface area (Å²) in [5.74, 6) is -0.360. The van der Waals surface area contributed by atoms with Gasteiger partial charge in [0.1, 0.15) is 5.76 Å². The minimum atomic E-state index is -0.530. The van der Waals surface area contributed by atoms with Crippen molar-refractivity contribution in [3.8, 4) is 11.3 Å². The number of rotatable bonds is 5. The SMILES string of the molecule is O=C(Nc1ccc(NC(=S)NC(=O)c2ccc(-c3cccc(Cl)c3Cl)o2)cc1)c1cccc(Cl)c1. The predicted molar refractivity (Wildman–Crippen MR) is 144 cm³/mol. The Morgan fingerprint density at radius 2 is 1.46 bits per heavy atom. The third-order valence-electron chi connectivity index (χ3n) is 4.76. The predicted octanol–water partition coefficient (Wildman–Crippen LogP) is 7.29. The van der Waals surface area contributed by atoms with Crippen molar-refractivity contribution in [1.29, 1.82) is 0 Å². The van der Waals surface area contributed by atoms with Crippen LogP contribution in [-0.2, 0) is 0 Å². The summed E-state index contributed by atoms with van der Waals surface area (Å²) >= 11 is 23.4. The van der Waals surface area contributed by atoms with Gasteiger partial charge in [0.2, 0.25) is 0 Å². The molecule has 176 valence electrons. The van der Waals surface area contributed by atoms with Crippen LogP contribution in [0, 0.1) is 0 Å². The standard InChI is InChI=1S/C25H16Cl3N3O3S/c26-15-4-1-3-14(13-15)23(32)29-16-7-9-17(10-8-16)30-25(35)31-24(33)21-12-11-20(34-21)18-5-2-6-19(27)22(18)28/h1-13H,(H,29,32)(H2,30,31,33,35). The average Bonchev–Trinajstić information content (AvgIpc) is 3.32. The summed E-state index contributed by atoms with van der Waals surface area (Å²) < 4.78 is 5.62. The van der Waals surface area contributed by atoms with Crippen molar-refractivity contribution in [2.75, 3.05) is 10.6 Å². The van der Waals surface area contributed by atoms with Crippen molar-refractivity contribution in [3.05, 3.63) is 105 Å². The molecule has 6 nitrogen and oxygen atoms in total. The van der Waals surface area contributed by atoms with Crippen molar-refractivity contribution in [1.82, 2.24) is 5.32 Å². The van der Waals surface area contributed by atoms with Crippen LogP contribution < -0.4 is 16.0 Å². The van der Waals surface area contributed by atoms with Crippen LogP contribution in [0.1, 0.15) is 20.9 Å². The molecule has 3 aromatic carbocycles. The highest BCUT2D eigenvalue weighted by atomic mass is 35.5. The van der Waals surface area contributed by atoms with Gasteiger partial charge in [-0.3, -0.25) is 14.9 Å². The number of amides is 2. The zero-order valence-electron chi connectivity index (χ0n) is 17.8. The number of carbonyl (C=O) groups excluding carboxylic acids is 2. The average molecular weight is 545 g/mol. The first-order valence-corrected chi connectivity index (χ1v) is 11.7. The van der Waals surface area contributed by atoms with Gasteiger partial charge in [-0.2, -0.15) is 0 Å². The Morgan fingerprint density at radius 3 is 2.17 bits per heavy atom. The molecule has 0 spiro atoms. The van der Waals surface area contributed by atoms with Crippen molar-refractivity contribution in [2.45, 2.75) is 0 Å². The van der Waals surface area contributed by atoms with Crippen molar-refractivity contribution < 1.29 is 14.0 Å². The number of benzene rings is 3. The minimum absolute atomic E-state index is 0.0549. The molecule has 4 aromatic rings. The van der Waals surface area contributed by atoms with Gasteiger partial charge in [0, 0.05) is 27.5 Å².